The molecular weight excluding hydrogens is 238 g/mol. The van der Waals surface area contributed by atoms with Gasteiger partial charge >= 0.3 is 0 Å². The van der Waals surface area contributed by atoms with E-state index < -0.39 is 0 Å². The summed E-state index contributed by atoms with van der Waals surface area (Å²) in [4.78, 5) is 2.18. The first kappa shape index (κ1) is 14.1. The molecule has 1 aromatic rings. The van der Waals surface area contributed by atoms with Crippen LogP contribution >= 0.6 is 11.6 Å². The van der Waals surface area contributed by atoms with Gasteiger partial charge in [0.2, 0.25) is 0 Å². The van der Waals surface area contributed by atoms with E-state index in [1.54, 1.807) is 7.11 Å². The van der Waals surface area contributed by atoms with Crippen LogP contribution in [0.4, 0.5) is 0 Å². The number of benzene rings is 1. The van der Waals surface area contributed by atoms with Crippen LogP contribution in [-0.4, -0.2) is 44.1 Å². The van der Waals surface area contributed by atoms with Crippen LogP contribution in [0.1, 0.15) is 6.92 Å². The normalized spacial score (nSPS) is 12.5. The molecule has 17 heavy (non-hydrogen) atoms. The monoisotopic (exact) mass is 257 g/mol. The Hall–Kier alpha value is -0.930. The van der Waals surface area contributed by atoms with Gasteiger partial charge in [-0.15, -0.1) is 11.6 Å². The molecule has 0 radical (unpaired) electrons. The summed E-state index contributed by atoms with van der Waals surface area (Å²) < 4.78 is 10.7. The maximum Gasteiger partial charge on any atom is 0.119 e. The lowest BCUT2D eigenvalue weighted by atomic mass is 10.3. The van der Waals surface area contributed by atoms with E-state index in [1.165, 1.54) is 0 Å². The molecule has 0 aliphatic heterocycles. The van der Waals surface area contributed by atoms with Gasteiger partial charge in [-0.3, -0.25) is 4.90 Å². The minimum absolute atomic E-state index is 0.371. The lowest BCUT2D eigenvalue weighted by molar-refractivity contribution is 0.209. The maximum absolute atomic E-state index is 5.78. The number of ether oxygens (including phenoxy) is 2. The topological polar surface area (TPSA) is 21.7 Å². The van der Waals surface area contributed by atoms with Crippen molar-refractivity contribution in [2.45, 2.75) is 13.0 Å². The molecule has 1 aromatic carbocycles. The molecule has 0 aliphatic carbocycles. The fourth-order valence-electron chi connectivity index (χ4n) is 1.32. The van der Waals surface area contributed by atoms with E-state index in [0.717, 1.165) is 18.0 Å². The number of nitrogens with zero attached hydrogens (tertiary/aromatic N) is 1. The van der Waals surface area contributed by atoms with Crippen molar-refractivity contribution in [2.24, 2.45) is 0 Å². The van der Waals surface area contributed by atoms with Gasteiger partial charge in [0, 0.05) is 18.5 Å². The molecule has 1 unspecified atom stereocenters. The third kappa shape index (κ3) is 4.84. The quantitative estimate of drug-likeness (QED) is 0.701. The van der Waals surface area contributed by atoms with Crippen LogP contribution in [0.2, 0.25) is 0 Å². The highest BCUT2D eigenvalue weighted by Crippen LogP contribution is 2.16. The van der Waals surface area contributed by atoms with Crippen LogP contribution in [-0.2, 0) is 0 Å². The molecule has 0 bridgehead atoms. The highest BCUT2D eigenvalue weighted by atomic mass is 35.5. The summed E-state index contributed by atoms with van der Waals surface area (Å²) in [6.07, 6.45) is 0. The van der Waals surface area contributed by atoms with Crippen molar-refractivity contribution in [2.75, 3.05) is 33.2 Å². The van der Waals surface area contributed by atoms with E-state index in [1.807, 2.05) is 31.3 Å². The largest absolute Gasteiger partial charge is 0.497 e. The molecular formula is C13H20ClNO2. The number of rotatable bonds is 7. The number of halogens is 1. The number of likely N-dealkylation sites (N-methyl/N-ethyl adjacent to an activating group) is 1. The van der Waals surface area contributed by atoms with Crippen LogP contribution in [0.25, 0.3) is 0 Å². The average Bonchev–Trinajstić information content (AvgIpc) is 2.38. The molecule has 0 fully saturated rings. The molecule has 0 saturated heterocycles. The summed E-state index contributed by atoms with van der Waals surface area (Å²) >= 11 is 5.78. The van der Waals surface area contributed by atoms with Gasteiger partial charge in [0.25, 0.3) is 0 Å². The Morgan fingerprint density at radius 3 is 2.35 bits per heavy atom. The van der Waals surface area contributed by atoms with Crippen LogP contribution in [0.15, 0.2) is 24.3 Å². The zero-order chi connectivity index (χ0) is 12.7. The van der Waals surface area contributed by atoms with Gasteiger partial charge < -0.3 is 9.47 Å². The molecule has 0 heterocycles. The number of hydrogen-bond acceptors (Lipinski definition) is 3. The minimum Gasteiger partial charge on any atom is -0.497 e. The molecule has 96 valence electrons. The SMILES string of the molecule is COc1ccc(OCCN(C)C(C)CCl)cc1. The fraction of sp³-hybridized carbons (Fsp3) is 0.538. The standard InChI is InChI=1S/C13H20ClNO2/c1-11(10-14)15(2)8-9-17-13-6-4-12(16-3)5-7-13/h4-7,11H,8-10H2,1-3H3. The van der Waals surface area contributed by atoms with E-state index in [-0.39, 0.29) is 0 Å². The number of methoxy groups -OCH3 is 1. The Labute approximate surface area is 108 Å². The zero-order valence-electron chi connectivity index (χ0n) is 10.6. The van der Waals surface area contributed by atoms with Gasteiger partial charge in [-0.2, -0.15) is 0 Å². The van der Waals surface area contributed by atoms with E-state index in [4.69, 9.17) is 21.1 Å². The molecule has 4 heteroatoms. The van der Waals surface area contributed by atoms with Crippen molar-refractivity contribution in [3.63, 3.8) is 0 Å². The van der Waals surface area contributed by atoms with Gasteiger partial charge in [0.05, 0.1) is 7.11 Å². The Balaban J connectivity index is 2.30. The average molecular weight is 258 g/mol. The Morgan fingerprint density at radius 2 is 1.82 bits per heavy atom. The number of hydrogen-bond donors (Lipinski definition) is 0. The summed E-state index contributed by atoms with van der Waals surface area (Å²) in [7, 11) is 3.70. The van der Waals surface area contributed by atoms with Crippen LogP contribution in [0.3, 0.4) is 0 Å². The molecule has 1 atom stereocenters. The van der Waals surface area contributed by atoms with Gasteiger partial charge in [0.15, 0.2) is 0 Å². The second kappa shape index (κ2) is 7.41. The Kier molecular flexibility index (Phi) is 6.16. The molecule has 0 amide bonds. The molecule has 0 spiro atoms. The molecule has 0 N–H and O–H groups in total. The highest BCUT2D eigenvalue weighted by Gasteiger charge is 2.06. The maximum atomic E-state index is 5.78. The Morgan fingerprint density at radius 1 is 1.24 bits per heavy atom. The van der Waals surface area contributed by atoms with E-state index in [0.29, 0.717) is 18.5 Å². The highest BCUT2D eigenvalue weighted by molar-refractivity contribution is 6.18. The minimum atomic E-state index is 0.371. The summed E-state index contributed by atoms with van der Waals surface area (Å²) in [5.74, 6) is 2.34. The van der Waals surface area contributed by atoms with Crippen molar-refractivity contribution < 1.29 is 9.47 Å². The predicted molar refractivity (Wildman–Crippen MR) is 71.3 cm³/mol. The first-order chi connectivity index (χ1) is 8.17. The lowest BCUT2D eigenvalue weighted by Gasteiger charge is -2.22. The van der Waals surface area contributed by atoms with Crippen LogP contribution in [0.5, 0.6) is 11.5 Å². The van der Waals surface area contributed by atoms with Gasteiger partial charge in [-0.1, -0.05) is 0 Å². The van der Waals surface area contributed by atoms with Crippen molar-refractivity contribution in [1.29, 1.82) is 0 Å². The van der Waals surface area contributed by atoms with Gasteiger partial charge in [-0.25, -0.2) is 0 Å². The van der Waals surface area contributed by atoms with E-state index in [9.17, 15) is 0 Å². The van der Waals surface area contributed by atoms with Gasteiger partial charge in [0.1, 0.15) is 18.1 Å². The van der Waals surface area contributed by atoms with Crippen LogP contribution in [0, 0.1) is 0 Å². The van der Waals surface area contributed by atoms with Crippen LogP contribution < -0.4 is 9.47 Å². The lowest BCUT2D eigenvalue weighted by Crippen LogP contribution is -2.33. The third-order valence-electron chi connectivity index (χ3n) is 2.75. The van der Waals surface area contributed by atoms with Gasteiger partial charge in [-0.05, 0) is 38.2 Å². The Bertz CT molecular complexity index is 316. The van der Waals surface area contributed by atoms with Crippen molar-refractivity contribution in [3.8, 4) is 11.5 Å². The summed E-state index contributed by atoms with van der Waals surface area (Å²) in [6, 6.07) is 7.96. The molecule has 0 saturated carbocycles. The van der Waals surface area contributed by atoms with Crippen molar-refractivity contribution >= 4 is 11.6 Å². The van der Waals surface area contributed by atoms with E-state index in [2.05, 4.69) is 11.8 Å². The van der Waals surface area contributed by atoms with Crippen molar-refractivity contribution in [1.82, 2.24) is 4.90 Å². The fourth-order valence-corrected chi connectivity index (χ4v) is 1.55. The zero-order valence-corrected chi connectivity index (χ0v) is 11.4. The second-order valence-corrected chi connectivity index (χ2v) is 4.32. The molecule has 0 aliphatic rings. The summed E-state index contributed by atoms with van der Waals surface area (Å²) in [5, 5.41) is 0. The second-order valence-electron chi connectivity index (χ2n) is 4.01. The smallest absolute Gasteiger partial charge is 0.119 e. The van der Waals surface area contributed by atoms with Crippen molar-refractivity contribution in [3.05, 3.63) is 24.3 Å². The third-order valence-corrected chi connectivity index (χ3v) is 3.19. The number of alkyl halides is 1. The first-order valence-corrected chi connectivity index (χ1v) is 6.24. The first-order valence-electron chi connectivity index (χ1n) is 5.70. The predicted octanol–water partition coefficient (Wildman–Crippen LogP) is 2.63. The summed E-state index contributed by atoms with van der Waals surface area (Å²) in [6.45, 7) is 3.62. The summed E-state index contributed by atoms with van der Waals surface area (Å²) in [5.41, 5.74) is 0. The molecule has 1 rings (SSSR count). The molecule has 0 aromatic heterocycles. The van der Waals surface area contributed by atoms with E-state index >= 15 is 0 Å². The molecule has 3 nitrogen and oxygen atoms in total.